The lowest BCUT2D eigenvalue weighted by Crippen LogP contribution is -2.38. The molecule has 1 heterocycles. The molecule has 7 heteroatoms. The van der Waals surface area contributed by atoms with E-state index in [4.69, 9.17) is 14.7 Å². The minimum atomic E-state index is -0.481. The van der Waals surface area contributed by atoms with Gasteiger partial charge in [0, 0.05) is 6.07 Å². The van der Waals surface area contributed by atoms with E-state index in [9.17, 15) is 4.39 Å². The molecular formula is C12H12FN3O2S. The Bertz CT molecular complexity index is 526. The summed E-state index contributed by atoms with van der Waals surface area (Å²) in [4.78, 5) is 4.11. The largest absolute Gasteiger partial charge is 0.483 e. The van der Waals surface area contributed by atoms with Crippen LogP contribution in [0, 0.1) is 17.3 Å². The van der Waals surface area contributed by atoms with Crippen molar-refractivity contribution in [2.45, 2.75) is 6.10 Å². The van der Waals surface area contributed by atoms with E-state index in [1.807, 2.05) is 0 Å². The highest BCUT2D eigenvalue weighted by Crippen LogP contribution is 2.25. The Balaban J connectivity index is 2.11. The van der Waals surface area contributed by atoms with Gasteiger partial charge in [0.25, 0.3) is 0 Å². The summed E-state index contributed by atoms with van der Waals surface area (Å²) >= 11 is 1.27. The predicted octanol–water partition coefficient (Wildman–Crippen LogP) is 2.02. The van der Waals surface area contributed by atoms with E-state index in [2.05, 4.69) is 10.3 Å². The number of aliphatic imine (C=N–C) groups is 1. The van der Waals surface area contributed by atoms with Gasteiger partial charge in [-0.15, -0.1) is 0 Å². The third-order valence-electron chi connectivity index (χ3n) is 2.40. The second-order valence-electron chi connectivity index (χ2n) is 3.75. The monoisotopic (exact) mass is 281 g/mol. The van der Waals surface area contributed by atoms with E-state index in [1.165, 1.54) is 23.9 Å². The number of nitriles is 1. The van der Waals surface area contributed by atoms with E-state index in [1.54, 1.807) is 18.5 Å². The van der Waals surface area contributed by atoms with Crippen molar-refractivity contribution >= 4 is 22.6 Å². The average Bonchev–Trinajstić information content (AvgIpc) is 2.35. The van der Waals surface area contributed by atoms with Gasteiger partial charge in [-0.1, -0.05) is 11.8 Å². The highest BCUT2D eigenvalue weighted by atomic mass is 32.2. The van der Waals surface area contributed by atoms with Gasteiger partial charge in [0.15, 0.2) is 22.9 Å². The molecule has 1 aliphatic heterocycles. The smallest absolute Gasteiger partial charge is 0.183 e. The Morgan fingerprint density at radius 2 is 2.42 bits per heavy atom. The van der Waals surface area contributed by atoms with Crippen molar-refractivity contribution in [1.29, 1.82) is 5.26 Å². The molecule has 1 aliphatic rings. The number of nitrogens with one attached hydrogen (secondary N) is 1. The maximum absolute atomic E-state index is 13.8. The molecule has 1 saturated heterocycles. The molecule has 2 rings (SSSR count). The number of benzene rings is 1. The zero-order valence-electron chi connectivity index (χ0n) is 10.2. The van der Waals surface area contributed by atoms with Crippen molar-refractivity contribution in [3.8, 4) is 11.9 Å². The summed E-state index contributed by atoms with van der Waals surface area (Å²) in [5.74, 6) is -0.295. The second-order valence-corrected chi connectivity index (χ2v) is 4.54. The van der Waals surface area contributed by atoms with Crippen LogP contribution < -0.4 is 10.1 Å². The molecule has 100 valence electrons. The van der Waals surface area contributed by atoms with Crippen LogP contribution in [0.3, 0.4) is 0 Å². The summed E-state index contributed by atoms with van der Waals surface area (Å²) in [5, 5.41) is 11.3. The lowest BCUT2D eigenvalue weighted by atomic mass is 10.2. The van der Waals surface area contributed by atoms with E-state index in [0.29, 0.717) is 24.1 Å². The van der Waals surface area contributed by atoms with Crippen molar-refractivity contribution in [3.05, 3.63) is 24.0 Å². The van der Waals surface area contributed by atoms with Gasteiger partial charge >= 0.3 is 0 Å². The zero-order chi connectivity index (χ0) is 13.7. The standard InChI is InChI=1S/C12H12FN3O2S/c1-19-12(15-7-14)16-8-2-3-11(10(13)4-8)18-9-5-17-6-9/h2-4,9H,5-6H2,1H3,(H,15,16). The highest BCUT2D eigenvalue weighted by molar-refractivity contribution is 8.13. The van der Waals surface area contributed by atoms with Gasteiger partial charge in [-0.05, 0) is 18.4 Å². The molecule has 0 spiro atoms. The zero-order valence-corrected chi connectivity index (χ0v) is 11.0. The maximum Gasteiger partial charge on any atom is 0.183 e. The molecule has 5 nitrogen and oxygen atoms in total. The Morgan fingerprint density at radius 3 is 2.95 bits per heavy atom. The fourth-order valence-corrected chi connectivity index (χ4v) is 1.75. The Hall–Kier alpha value is -1.78. The molecule has 1 aromatic rings. The summed E-state index contributed by atoms with van der Waals surface area (Å²) in [6.07, 6.45) is 3.47. The van der Waals surface area contributed by atoms with Gasteiger partial charge in [0.2, 0.25) is 0 Å². The van der Waals surface area contributed by atoms with Crippen LogP contribution in [-0.2, 0) is 4.74 Å². The Morgan fingerprint density at radius 1 is 1.63 bits per heavy atom. The summed E-state index contributed by atoms with van der Waals surface area (Å²) in [6.45, 7) is 0.976. The van der Waals surface area contributed by atoms with Crippen LogP contribution in [-0.4, -0.2) is 30.7 Å². The van der Waals surface area contributed by atoms with Gasteiger partial charge in [0.05, 0.1) is 18.9 Å². The van der Waals surface area contributed by atoms with E-state index < -0.39 is 5.82 Å². The summed E-state index contributed by atoms with van der Waals surface area (Å²) in [5.41, 5.74) is 0.418. The van der Waals surface area contributed by atoms with Crippen molar-refractivity contribution < 1.29 is 13.9 Å². The van der Waals surface area contributed by atoms with E-state index in [0.717, 1.165) is 0 Å². The predicted molar refractivity (Wildman–Crippen MR) is 71.0 cm³/mol. The molecule has 1 aromatic carbocycles. The van der Waals surface area contributed by atoms with Crippen LogP contribution in [0.2, 0.25) is 0 Å². The first kappa shape index (κ1) is 13.6. The number of halogens is 1. The fourth-order valence-electron chi connectivity index (χ4n) is 1.41. The molecule has 0 saturated carbocycles. The molecule has 0 bridgehead atoms. The first-order valence-electron chi connectivity index (χ1n) is 5.54. The number of nitrogens with zero attached hydrogens (tertiary/aromatic N) is 2. The molecule has 0 unspecified atom stereocenters. The number of hydrogen-bond donors (Lipinski definition) is 1. The maximum atomic E-state index is 13.8. The topological polar surface area (TPSA) is 66.6 Å². The number of thioether (sulfide) groups is 1. The average molecular weight is 281 g/mol. The third kappa shape index (κ3) is 3.59. The first-order chi connectivity index (χ1) is 9.22. The summed E-state index contributed by atoms with van der Waals surface area (Å²) < 4.78 is 24.1. The quantitative estimate of drug-likeness (QED) is 0.397. The third-order valence-corrected chi connectivity index (χ3v) is 2.98. The number of hydrogen-bond acceptors (Lipinski definition) is 5. The summed E-state index contributed by atoms with van der Waals surface area (Å²) in [7, 11) is 0. The van der Waals surface area contributed by atoms with E-state index in [-0.39, 0.29) is 11.9 Å². The van der Waals surface area contributed by atoms with Crippen molar-refractivity contribution in [2.75, 3.05) is 19.5 Å². The minimum absolute atomic E-state index is 0.0779. The molecule has 19 heavy (non-hydrogen) atoms. The molecule has 1 fully saturated rings. The minimum Gasteiger partial charge on any atom is -0.483 e. The molecule has 0 aromatic heterocycles. The molecule has 1 N–H and O–H groups in total. The van der Waals surface area contributed by atoms with Gasteiger partial charge < -0.3 is 9.47 Å². The SMILES string of the molecule is CSC(=Nc1ccc(OC2COC2)c(F)c1)NC#N. The normalized spacial score (nSPS) is 15.5. The fraction of sp³-hybridized carbons (Fsp3) is 0.333. The van der Waals surface area contributed by atoms with Crippen LogP contribution in [0.1, 0.15) is 0 Å². The molecule has 0 amide bonds. The van der Waals surface area contributed by atoms with Gasteiger partial charge in [0.1, 0.15) is 6.10 Å². The molecular weight excluding hydrogens is 269 g/mol. The van der Waals surface area contributed by atoms with Crippen LogP contribution >= 0.6 is 11.8 Å². The first-order valence-corrected chi connectivity index (χ1v) is 6.77. The molecule has 0 atom stereocenters. The van der Waals surface area contributed by atoms with Crippen molar-refractivity contribution in [3.63, 3.8) is 0 Å². The van der Waals surface area contributed by atoms with Gasteiger partial charge in [-0.25, -0.2) is 9.38 Å². The number of amidine groups is 1. The van der Waals surface area contributed by atoms with Crippen LogP contribution in [0.25, 0.3) is 0 Å². The lowest BCUT2D eigenvalue weighted by molar-refractivity contribution is -0.0808. The molecule has 0 aliphatic carbocycles. The highest BCUT2D eigenvalue weighted by Gasteiger charge is 2.21. The van der Waals surface area contributed by atoms with Crippen LogP contribution in [0.15, 0.2) is 23.2 Å². The Kier molecular flexibility index (Phi) is 4.60. The van der Waals surface area contributed by atoms with Gasteiger partial charge in [-0.2, -0.15) is 5.26 Å². The van der Waals surface area contributed by atoms with Crippen LogP contribution in [0.5, 0.6) is 5.75 Å². The number of rotatable bonds is 3. The Labute approximate surface area is 114 Å². The summed E-state index contributed by atoms with van der Waals surface area (Å²) in [6, 6.07) is 4.42. The van der Waals surface area contributed by atoms with Gasteiger partial charge in [-0.3, -0.25) is 5.32 Å². The van der Waals surface area contributed by atoms with Crippen molar-refractivity contribution in [1.82, 2.24) is 5.32 Å². The second kappa shape index (κ2) is 6.41. The molecule has 0 radical (unpaired) electrons. The number of ether oxygens (including phenoxy) is 2. The lowest BCUT2D eigenvalue weighted by Gasteiger charge is -2.26. The van der Waals surface area contributed by atoms with Crippen molar-refractivity contribution in [2.24, 2.45) is 4.99 Å². The van der Waals surface area contributed by atoms with E-state index >= 15 is 0 Å². The van der Waals surface area contributed by atoms with Crippen LogP contribution in [0.4, 0.5) is 10.1 Å².